The molecule has 5 heteroatoms. The summed E-state index contributed by atoms with van der Waals surface area (Å²) in [5.74, 6) is 0.691. The van der Waals surface area contributed by atoms with Gasteiger partial charge in [0.1, 0.15) is 11.4 Å². The maximum Gasteiger partial charge on any atom is 0.144 e. The molecule has 0 bridgehead atoms. The number of halogens is 1. The molecular weight excluding hydrogens is 306 g/mol. The zero-order chi connectivity index (χ0) is 14.2. The molecule has 0 saturated carbocycles. The molecule has 2 rings (SSSR count). The molecule has 4 nitrogen and oxygen atoms in total. The molecule has 0 aliphatic heterocycles. The number of para-hydroxylation sites is 1. The standard InChI is InChI=1S/C14H18BrN3O/c1-8(2)19-12-7-5-6-11(14(12)16)18-10(4)13(15)9(3)17-18/h5-8H,16H2,1-4H3. The second-order valence-electron chi connectivity index (χ2n) is 4.75. The highest BCUT2D eigenvalue weighted by Gasteiger charge is 2.15. The Labute approximate surface area is 121 Å². The third-order valence-electron chi connectivity index (χ3n) is 2.84. The van der Waals surface area contributed by atoms with E-state index in [-0.39, 0.29) is 6.10 Å². The quantitative estimate of drug-likeness (QED) is 0.877. The van der Waals surface area contributed by atoms with Crippen LogP contribution in [0, 0.1) is 13.8 Å². The third-order valence-corrected chi connectivity index (χ3v) is 3.98. The van der Waals surface area contributed by atoms with Crippen LogP contribution < -0.4 is 10.5 Å². The van der Waals surface area contributed by atoms with Crippen molar-refractivity contribution in [2.45, 2.75) is 33.8 Å². The van der Waals surface area contributed by atoms with Crippen LogP contribution in [0.1, 0.15) is 25.2 Å². The zero-order valence-corrected chi connectivity index (χ0v) is 13.2. The SMILES string of the molecule is Cc1nn(-c2cccc(OC(C)C)c2N)c(C)c1Br. The molecule has 0 spiro atoms. The molecule has 102 valence electrons. The first-order chi connectivity index (χ1) is 8.91. The number of nitrogens with zero attached hydrogens (tertiary/aromatic N) is 2. The second kappa shape index (κ2) is 5.25. The summed E-state index contributed by atoms with van der Waals surface area (Å²) in [4.78, 5) is 0. The Morgan fingerprint density at radius 3 is 2.53 bits per heavy atom. The van der Waals surface area contributed by atoms with Crippen molar-refractivity contribution < 1.29 is 4.74 Å². The summed E-state index contributed by atoms with van der Waals surface area (Å²) in [6.45, 7) is 7.91. The average Bonchev–Trinajstić information content (AvgIpc) is 2.59. The van der Waals surface area contributed by atoms with E-state index in [0.29, 0.717) is 11.4 Å². The summed E-state index contributed by atoms with van der Waals surface area (Å²) in [5, 5.41) is 4.50. The minimum atomic E-state index is 0.0877. The topological polar surface area (TPSA) is 53.1 Å². The molecule has 0 atom stereocenters. The fourth-order valence-corrected chi connectivity index (χ4v) is 2.18. The predicted molar refractivity (Wildman–Crippen MR) is 80.9 cm³/mol. The Kier molecular flexibility index (Phi) is 3.85. The van der Waals surface area contributed by atoms with Crippen molar-refractivity contribution in [1.82, 2.24) is 9.78 Å². The number of anilines is 1. The molecule has 0 unspecified atom stereocenters. The second-order valence-corrected chi connectivity index (χ2v) is 5.55. The van der Waals surface area contributed by atoms with Crippen molar-refractivity contribution in [2.24, 2.45) is 0 Å². The Hall–Kier alpha value is -1.49. The van der Waals surface area contributed by atoms with Gasteiger partial charge in [-0.3, -0.25) is 0 Å². The van der Waals surface area contributed by atoms with E-state index in [2.05, 4.69) is 21.0 Å². The molecule has 0 aliphatic rings. The molecule has 0 aliphatic carbocycles. The summed E-state index contributed by atoms with van der Waals surface area (Å²) in [7, 11) is 0. The van der Waals surface area contributed by atoms with Gasteiger partial charge in [-0.1, -0.05) is 6.07 Å². The van der Waals surface area contributed by atoms with Crippen LogP contribution in [0.15, 0.2) is 22.7 Å². The Balaban J connectivity index is 2.53. The highest BCUT2D eigenvalue weighted by atomic mass is 79.9. The lowest BCUT2D eigenvalue weighted by molar-refractivity contribution is 0.244. The van der Waals surface area contributed by atoms with E-state index in [1.807, 2.05) is 50.6 Å². The molecule has 2 aromatic rings. The summed E-state index contributed by atoms with van der Waals surface area (Å²) in [6.07, 6.45) is 0.0877. The molecular formula is C14H18BrN3O. The van der Waals surface area contributed by atoms with Gasteiger partial charge in [0, 0.05) is 0 Å². The number of hydrogen-bond donors (Lipinski definition) is 1. The molecule has 0 fully saturated rings. The van der Waals surface area contributed by atoms with Crippen LogP contribution >= 0.6 is 15.9 Å². The molecule has 1 aromatic carbocycles. The number of aryl methyl sites for hydroxylation is 1. The number of hydrogen-bond acceptors (Lipinski definition) is 3. The number of nitrogen functional groups attached to an aromatic ring is 1. The maximum atomic E-state index is 6.19. The largest absolute Gasteiger partial charge is 0.489 e. The summed E-state index contributed by atoms with van der Waals surface area (Å²) < 4.78 is 8.54. The fraction of sp³-hybridized carbons (Fsp3) is 0.357. The normalized spacial score (nSPS) is 11.1. The Morgan fingerprint density at radius 1 is 1.32 bits per heavy atom. The number of aromatic nitrogens is 2. The van der Waals surface area contributed by atoms with Crippen LogP contribution in [0.25, 0.3) is 5.69 Å². The first-order valence-corrected chi connectivity index (χ1v) is 6.98. The zero-order valence-electron chi connectivity index (χ0n) is 11.6. The number of nitrogens with two attached hydrogens (primary N) is 1. The van der Waals surface area contributed by atoms with E-state index in [4.69, 9.17) is 10.5 Å². The number of ether oxygens (including phenoxy) is 1. The smallest absolute Gasteiger partial charge is 0.144 e. The van der Waals surface area contributed by atoms with Crippen molar-refractivity contribution in [3.8, 4) is 11.4 Å². The van der Waals surface area contributed by atoms with Crippen molar-refractivity contribution in [3.63, 3.8) is 0 Å². The highest BCUT2D eigenvalue weighted by molar-refractivity contribution is 9.10. The monoisotopic (exact) mass is 323 g/mol. The van der Waals surface area contributed by atoms with Gasteiger partial charge in [-0.2, -0.15) is 5.10 Å². The molecule has 0 amide bonds. The van der Waals surface area contributed by atoms with Crippen LogP contribution in [0.2, 0.25) is 0 Å². The predicted octanol–water partition coefficient (Wildman–Crippen LogP) is 3.62. The van der Waals surface area contributed by atoms with Crippen LogP contribution in [0.5, 0.6) is 5.75 Å². The highest BCUT2D eigenvalue weighted by Crippen LogP contribution is 2.31. The van der Waals surface area contributed by atoms with Gasteiger partial charge in [-0.25, -0.2) is 4.68 Å². The van der Waals surface area contributed by atoms with Crippen LogP contribution in [-0.4, -0.2) is 15.9 Å². The lowest BCUT2D eigenvalue weighted by Gasteiger charge is -2.15. The Morgan fingerprint density at radius 2 is 2.00 bits per heavy atom. The van der Waals surface area contributed by atoms with E-state index in [0.717, 1.165) is 21.5 Å². The average molecular weight is 324 g/mol. The first-order valence-electron chi connectivity index (χ1n) is 6.19. The van der Waals surface area contributed by atoms with E-state index in [9.17, 15) is 0 Å². The van der Waals surface area contributed by atoms with Crippen LogP contribution in [0.4, 0.5) is 5.69 Å². The van der Waals surface area contributed by atoms with E-state index in [1.54, 1.807) is 0 Å². The number of benzene rings is 1. The first kappa shape index (κ1) is 13.9. The molecule has 0 saturated heterocycles. The maximum absolute atomic E-state index is 6.19. The van der Waals surface area contributed by atoms with Gasteiger partial charge < -0.3 is 10.5 Å². The van der Waals surface area contributed by atoms with E-state index in [1.165, 1.54) is 0 Å². The minimum Gasteiger partial charge on any atom is -0.489 e. The van der Waals surface area contributed by atoms with Crippen molar-refractivity contribution >= 4 is 21.6 Å². The molecule has 19 heavy (non-hydrogen) atoms. The van der Waals surface area contributed by atoms with E-state index >= 15 is 0 Å². The minimum absolute atomic E-state index is 0.0877. The summed E-state index contributed by atoms with van der Waals surface area (Å²) in [5.41, 5.74) is 9.59. The van der Waals surface area contributed by atoms with Gasteiger partial charge in [0.2, 0.25) is 0 Å². The third kappa shape index (κ3) is 2.61. The van der Waals surface area contributed by atoms with Crippen molar-refractivity contribution in [2.75, 3.05) is 5.73 Å². The molecule has 1 aromatic heterocycles. The lowest BCUT2D eigenvalue weighted by atomic mass is 10.2. The summed E-state index contributed by atoms with van der Waals surface area (Å²) in [6, 6.07) is 5.74. The van der Waals surface area contributed by atoms with Crippen LogP contribution in [-0.2, 0) is 0 Å². The molecule has 2 N–H and O–H groups in total. The number of rotatable bonds is 3. The van der Waals surface area contributed by atoms with Crippen LogP contribution in [0.3, 0.4) is 0 Å². The van der Waals surface area contributed by atoms with Gasteiger partial charge in [0.05, 0.1) is 27.7 Å². The van der Waals surface area contributed by atoms with Gasteiger partial charge in [0.15, 0.2) is 0 Å². The van der Waals surface area contributed by atoms with Crippen molar-refractivity contribution in [3.05, 3.63) is 34.1 Å². The fourth-order valence-electron chi connectivity index (χ4n) is 1.93. The van der Waals surface area contributed by atoms with Gasteiger partial charge in [-0.15, -0.1) is 0 Å². The summed E-state index contributed by atoms with van der Waals surface area (Å²) >= 11 is 3.53. The van der Waals surface area contributed by atoms with Gasteiger partial charge in [-0.05, 0) is 55.8 Å². The van der Waals surface area contributed by atoms with Crippen molar-refractivity contribution in [1.29, 1.82) is 0 Å². The van der Waals surface area contributed by atoms with Gasteiger partial charge >= 0.3 is 0 Å². The Bertz CT molecular complexity index is 605. The lowest BCUT2D eigenvalue weighted by Crippen LogP contribution is -2.10. The molecule has 1 heterocycles. The van der Waals surface area contributed by atoms with Gasteiger partial charge in [0.25, 0.3) is 0 Å². The van der Waals surface area contributed by atoms with E-state index < -0.39 is 0 Å². The molecule has 0 radical (unpaired) electrons.